The lowest BCUT2D eigenvalue weighted by Crippen LogP contribution is -2.36. The first-order valence-electron chi connectivity index (χ1n) is 9.79. The fraction of sp³-hybridized carbons (Fsp3) is 0.450. The Morgan fingerprint density at radius 3 is 2.45 bits per heavy atom. The summed E-state index contributed by atoms with van der Waals surface area (Å²) < 4.78 is 40.3. The van der Waals surface area contributed by atoms with E-state index in [0.717, 1.165) is 16.8 Å². The number of hydrogen-bond acceptors (Lipinski definition) is 4. The van der Waals surface area contributed by atoms with Crippen LogP contribution in [0.5, 0.6) is 0 Å². The summed E-state index contributed by atoms with van der Waals surface area (Å²) in [7, 11) is 1.50. The van der Waals surface area contributed by atoms with E-state index in [9.17, 15) is 22.8 Å². The van der Waals surface area contributed by atoms with Crippen molar-refractivity contribution in [3.63, 3.8) is 0 Å². The Hall–Kier alpha value is -2.59. The summed E-state index contributed by atoms with van der Waals surface area (Å²) in [6.45, 7) is 2.83. The van der Waals surface area contributed by atoms with Crippen molar-refractivity contribution < 1.29 is 22.8 Å². The maximum Gasteiger partial charge on any atom is 0.416 e. The summed E-state index contributed by atoms with van der Waals surface area (Å²) in [5.74, 6) is 0.154. The van der Waals surface area contributed by atoms with E-state index in [0.29, 0.717) is 43.9 Å². The highest BCUT2D eigenvalue weighted by Crippen LogP contribution is 2.35. The molecule has 2 unspecified atom stereocenters. The molecule has 1 N–H and O–H groups in total. The lowest BCUT2D eigenvalue weighted by Gasteiger charge is -2.22. The van der Waals surface area contributed by atoms with Gasteiger partial charge < -0.3 is 10.2 Å². The second-order valence-electron chi connectivity index (χ2n) is 8.00. The summed E-state index contributed by atoms with van der Waals surface area (Å²) in [6, 6.07) is 3.33. The summed E-state index contributed by atoms with van der Waals surface area (Å²) in [6.07, 6.45) is -1.69. The summed E-state index contributed by atoms with van der Waals surface area (Å²) in [5.41, 5.74) is 0.0775. The number of alkyl halides is 3. The van der Waals surface area contributed by atoms with Gasteiger partial charge >= 0.3 is 12.2 Å². The van der Waals surface area contributed by atoms with E-state index < -0.39 is 11.7 Å². The van der Waals surface area contributed by atoms with Crippen LogP contribution in [0.15, 0.2) is 30.6 Å². The zero-order valence-electron chi connectivity index (χ0n) is 16.7. The molecule has 31 heavy (non-hydrogen) atoms. The van der Waals surface area contributed by atoms with Gasteiger partial charge in [0, 0.05) is 51.0 Å². The van der Waals surface area contributed by atoms with Crippen LogP contribution in [0.25, 0.3) is 0 Å². The normalized spacial score (nSPS) is 21.4. The van der Waals surface area contributed by atoms with Crippen LogP contribution in [0.1, 0.15) is 21.5 Å². The van der Waals surface area contributed by atoms with Gasteiger partial charge in [-0.15, -0.1) is 0 Å². The van der Waals surface area contributed by atoms with Crippen LogP contribution in [0, 0.1) is 11.8 Å². The molecule has 2 aliphatic heterocycles. The number of likely N-dealkylation sites (tertiary alicyclic amines) is 2. The van der Waals surface area contributed by atoms with E-state index in [1.54, 1.807) is 11.0 Å². The summed E-state index contributed by atoms with van der Waals surface area (Å²) in [4.78, 5) is 28.2. The Labute approximate surface area is 181 Å². The fourth-order valence-electron chi connectivity index (χ4n) is 4.37. The van der Waals surface area contributed by atoms with Crippen LogP contribution in [0.2, 0.25) is 5.02 Å². The molecule has 0 aliphatic carbocycles. The molecule has 2 aromatic rings. The number of benzene rings is 1. The van der Waals surface area contributed by atoms with Crippen LogP contribution in [0.3, 0.4) is 0 Å². The monoisotopic (exact) mass is 455 g/mol. The van der Waals surface area contributed by atoms with Gasteiger partial charge in [0.15, 0.2) is 0 Å². The van der Waals surface area contributed by atoms with Crippen molar-refractivity contribution in [2.24, 2.45) is 11.8 Å². The molecule has 1 aromatic heterocycles. The molecular weight excluding hydrogens is 435 g/mol. The molecule has 166 valence electrons. The highest BCUT2D eigenvalue weighted by atomic mass is 35.5. The first-order valence-corrected chi connectivity index (χ1v) is 10.2. The maximum atomic E-state index is 13.0. The van der Waals surface area contributed by atoms with E-state index in [-0.39, 0.29) is 28.8 Å². The second kappa shape index (κ2) is 8.16. The second-order valence-corrected chi connectivity index (χ2v) is 8.44. The highest BCUT2D eigenvalue weighted by Gasteiger charge is 2.42. The maximum absolute atomic E-state index is 13.0. The molecule has 2 atom stereocenters. The molecule has 2 fully saturated rings. The molecule has 7 nitrogen and oxygen atoms in total. The Bertz CT molecular complexity index is 995. The van der Waals surface area contributed by atoms with Crippen molar-refractivity contribution in [2.45, 2.75) is 12.7 Å². The SMILES string of the molecule is CNC(=O)c1cnn(C(=O)N2CC3CN(Cc4cc(Cl)cc(C(F)(F)F)c4)CC3C2)c1. The Morgan fingerprint density at radius 2 is 1.84 bits per heavy atom. The van der Waals surface area contributed by atoms with Gasteiger partial charge in [-0.3, -0.25) is 9.69 Å². The van der Waals surface area contributed by atoms with Crippen LogP contribution in [-0.4, -0.2) is 64.7 Å². The smallest absolute Gasteiger partial charge is 0.355 e. The summed E-state index contributed by atoms with van der Waals surface area (Å²) in [5, 5.41) is 6.53. The van der Waals surface area contributed by atoms with Crippen molar-refractivity contribution in [3.8, 4) is 0 Å². The molecule has 0 radical (unpaired) electrons. The van der Waals surface area contributed by atoms with Crippen LogP contribution in [0.4, 0.5) is 18.0 Å². The molecular formula is C20H21ClF3N5O2. The van der Waals surface area contributed by atoms with Gasteiger partial charge in [0.05, 0.1) is 17.3 Å². The molecule has 2 saturated heterocycles. The number of fused-ring (bicyclic) bond motifs is 1. The number of nitrogens with one attached hydrogen (secondary N) is 1. The number of carbonyl (C=O) groups excluding carboxylic acids is 2. The van der Waals surface area contributed by atoms with Gasteiger partial charge in [0.25, 0.3) is 5.91 Å². The quantitative estimate of drug-likeness (QED) is 0.772. The van der Waals surface area contributed by atoms with Crippen molar-refractivity contribution in [3.05, 3.63) is 52.3 Å². The molecule has 11 heteroatoms. The van der Waals surface area contributed by atoms with Crippen molar-refractivity contribution in [1.82, 2.24) is 24.9 Å². The molecule has 0 saturated carbocycles. The van der Waals surface area contributed by atoms with Gasteiger partial charge in [0.2, 0.25) is 0 Å². The number of amides is 2. The third-order valence-electron chi connectivity index (χ3n) is 5.79. The largest absolute Gasteiger partial charge is 0.416 e. The molecule has 3 heterocycles. The van der Waals surface area contributed by atoms with Crippen molar-refractivity contribution in [1.29, 1.82) is 0 Å². The first kappa shape index (κ1) is 21.6. The molecule has 1 aromatic carbocycles. The van der Waals surface area contributed by atoms with Gasteiger partial charge in [-0.05, 0) is 35.6 Å². The van der Waals surface area contributed by atoms with Crippen molar-refractivity contribution in [2.75, 3.05) is 33.2 Å². The van der Waals surface area contributed by atoms with Crippen LogP contribution in [-0.2, 0) is 12.7 Å². The Morgan fingerprint density at radius 1 is 1.16 bits per heavy atom. The molecule has 4 rings (SSSR count). The zero-order chi connectivity index (χ0) is 22.3. The van der Waals surface area contributed by atoms with Gasteiger partial charge in [-0.2, -0.15) is 23.0 Å². The van der Waals surface area contributed by atoms with Gasteiger partial charge in [-0.1, -0.05) is 11.6 Å². The predicted octanol–water partition coefficient (Wildman–Crippen LogP) is 2.95. The third-order valence-corrected chi connectivity index (χ3v) is 6.01. The van der Waals surface area contributed by atoms with E-state index in [1.165, 1.54) is 19.4 Å². The van der Waals surface area contributed by atoms with E-state index >= 15 is 0 Å². The lowest BCUT2D eigenvalue weighted by molar-refractivity contribution is -0.137. The minimum atomic E-state index is -4.44. The lowest BCUT2D eigenvalue weighted by atomic mass is 10.0. The topological polar surface area (TPSA) is 70.5 Å². The van der Waals surface area contributed by atoms with E-state index in [2.05, 4.69) is 15.3 Å². The molecule has 0 bridgehead atoms. The molecule has 2 amide bonds. The van der Waals surface area contributed by atoms with Crippen LogP contribution < -0.4 is 5.32 Å². The predicted molar refractivity (Wildman–Crippen MR) is 107 cm³/mol. The minimum absolute atomic E-state index is 0.0661. The average Bonchev–Trinajstić information content (AvgIpc) is 3.40. The fourth-order valence-corrected chi connectivity index (χ4v) is 4.63. The third kappa shape index (κ3) is 4.54. The number of nitrogens with zero attached hydrogens (tertiary/aromatic N) is 4. The number of aromatic nitrogens is 2. The van der Waals surface area contributed by atoms with Crippen molar-refractivity contribution >= 4 is 23.5 Å². The van der Waals surface area contributed by atoms with E-state index in [4.69, 9.17) is 11.6 Å². The highest BCUT2D eigenvalue weighted by molar-refractivity contribution is 6.30. The standard InChI is InChI=1S/C20H21ClF3N5O2/c1-25-18(30)13-5-26-29(11-13)19(31)28-9-14-7-27(8-15(14)10-28)6-12-2-16(20(22,23)24)4-17(21)3-12/h2-5,11,14-15H,6-10H2,1H3,(H,25,30). The molecule has 0 spiro atoms. The Balaban J connectivity index is 1.36. The zero-order valence-corrected chi connectivity index (χ0v) is 17.5. The van der Waals surface area contributed by atoms with Gasteiger partial charge in [0.1, 0.15) is 0 Å². The number of rotatable bonds is 3. The summed E-state index contributed by atoms with van der Waals surface area (Å²) >= 11 is 5.88. The average molecular weight is 456 g/mol. The molecule has 2 aliphatic rings. The number of hydrogen-bond donors (Lipinski definition) is 1. The van der Waals surface area contributed by atoms with Crippen LogP contribution >= 0.6 is 11.6 Å². The minimum Gasteiger partial charge on any atom is -0.355 e. The number of carbonyl (C=O) groups is 2. The van der Waals surface area contributed by atoms with E-state index in [1.807, 2.05) is 0 Å². The first-order chi connectivity index (χ1) is 14.6. The number of halogens is 4. The van der Waals surface area contributed by atoms with Gasteiger partial charge in [-0.25, -0.2) is 4.79 Å². The Kier molecular flexibility index (Phi) is 5.69.